The van der Waals surface area contributed by atoms with Gasteiger partial charge >= 0.3 is 0 Å². The van der Waals surface area contributed by atoms with Gasteiger partial charge in [0.05, 0.1) is 18.1 Å². The molecule has 0 spiro atoms. The van der Waals surface area contributed by atoms with Gasteiger partial charge in [-0.1, -0.05) is 12.1 Å². The van der Waals surface area contributed by atoms with E-state index in [4.69, 9.17) is 4.74 Å². The quantitative estimate of drug-likeness (QED) is 0.351. The van der Waals surface area contributed by atoms with Crippen molar-refractivity contribution in [1.29, 1.82) is 0 Å². The zero-order chi connectivity index (χ0) is 19.3. The molecule has 2 N–H and O–H groups in total. The van der Waals surface area contributed by atoms with Crippen LogP contribution in [0.1, 0.15) is 30.4 Å². The normalized spacial score (nSPS) is 22.5. The molecule has 9 heteroatoms. The summed E-state index contributed by atoms with van der Waals surface area (Å²) in [5, 5.41) is 6.73. The Bertz CT molecular complexity index is 783. The van der Waals surface area contributed by atoms with E-state index in [2.05, 4.69) is 15.6 Å². The second kappa shape index (κ2) is 10.7. The Hall–Kier alpha value is -0.940. The number of nitrogens with one attached hydrogen (secondary N) is 2. The van der Waals surface area contributed by atoms with E-state index in [1.54, 1.807) is 19.1 Å². The van der Waals surface area contributed by atoms with Gasteiger partial charge in [0.25, 0.3) is 0 Å². The SMILES string of the molecule is Cc1cc(CN=C(NCC2CCS(=O)(=O)C2)NC2CCOCC2)ccc1F.I. The van der Waals surface area contributed by atoms with E-state index in [0.717, 1.165) is 31.6 Å². The third kappa shape index (κ3) is 7.14. The third-order valence-electron chi connectivity index (χ3n) is 5.09. The lowest BCUT2D eigenvalue weighted by Gasteiger charge is -2.25. The number of guanidine groups is 1. The van der Waals surface area contributed by atoms with Crippen LogP contribution in [-0.4, -0.2) is 51.7 Å². The highest BCUT2D eigenvalue weighted by atomic mass is 127. The number of aryl methyl sites for hydroxylation is 1. The number of rotatable bonds is 5. The molecule has 2 aliphatic rings. The van der Waals surface area contributed by atoms with E-state index in [1.807, 2.05) is 0 Å². The van der Waals surface area contributed by atoms with Gasteiger partial charge in [-0.25, -0.2) is 17.8 Å². The monoisotopic (exact) mass is 525 g/mol. The fourth-order valence-electron chi connectivity index (χ4n) is 3.44. The van der Waals surface area contributed by atoms with Gasteiger partial charge in [0.1, 0.15) is 5.82 Å². The lowest BCUT2D eigenvalue weighted by Crippen LogP contribution is -2.47. The topological polar surface area (TPSA) is 79.8 Å². The van der Waals surface area contributed by atoms with Gasteiger partial charge in [-0.2, -0.15) is 0 Å². The van der Waals surface area contributed by atoms with E-state index >= 15 is 0 Å². The van der Waals surface area contributed by atoms with Gasteiger partial charge in [0.2, 0.25) is 0 Å². The maximum atomic E-state index is 13.4. The number of benzene rings is 1. The summed E-state index contributed by atoms with van der Waals surface area (Å²) in [6.07, 6.45) is 2.51. The minimum atomic E-state index is -2.89. The standard InChI is InChI=1S/C19H28FN3O3S.HI/c1-14-10-15(2-3-18(14)20)11-21-19(23-17-4-7-26-8-5-17)22-12-16-6-9-27(24,25)13-16;/h2-3,10,16-17H,4-9,11-13H2,1H3,(H2,21,22,23);1H. The summed E-state index contributed by atoms with van der Waals surface area (Å²) >= 11 is 0. The van der Waals surface area contributed by atoms with Crippen molar-refractivity contribution in [3.8, 4) is 0 Å². The van der Waals surface area contributed by atoms with E-state index in [9.17, 15) is 12.8 Å². The van der Waals surface area contributed by atoms with Gasteiger partial charge in [-0.15, -0.1) is 24.0 Å². The van der Waals surface area contributed by atoms with Crippen LogP contribution in [0.2, 0.25) is 0 Å². The first-order chi connectivity index (χ1) is 12.9. The molecule has 28 heavy (non-hydrogen) atoms. The van der Waals surface area contributed by atoms with Crippen LogP contribution in [0.5, 0.6) is 0 Å². The lowest BCUT2D eigenvalue weighted by molar-refractivity contribution is 0.0822. The summed E-state index contributed by atoms with van der Waals surface area (Å²) in [5.74, 6) is 1.08. The Morgan fingerprint density at radius 2 is 2.04 bits per heavy atom. The number of hydrogen-bond acceptors (Lipinski definition) is 4. The molecular weight excluding hydrogens is 496 g/mol. The smallest absolute Gasteiger partial charge is 0.191 e. The van der Waals surface area contributed by atoms with Crippen LogP contribution in [0.25, 0.3) is 0 Å². The Labute approximate surface area is 183 Å². The predicted octanol–water partition coefficient (Wildman–Crippen LogP) is 2.40. The lowest BCUT2D eigenvalue weighted by atomic mass is 10.1. The summed E-state index contributed by atoms with van der Waals surface area (Å²) in [6, 6.07) is 5.28. The molecule has 1 aromatic carbocycles. The molecule has 1 unspecified atom stereocenters. The largest absolute Gasteiger partial charge is 0.381 e. The van der Waals surface area contributed by atoms with Crippen molar-refractivity contribution < 1.29 is 17.5 Å². The van der Waals surface area contributed by atoms with Crippen molar-refractivity contribution in [2.24, 2.45) is 10.9 Å². The van der Waals surface area contributed by atoms with Crippen LogP contribution >= 0.6 is 24.0 Å². The first kappa shape index (κ1) is 23.3. The highest BCUT2D eigenvalue weighted by Gasteiger charge is 2.28. The van der Waals surface area contributed by atoms with Crippen molar-refractivity contribution in [3.05, 3.63) is 35.1 Å². The molecule has 2 saturated heterocycles. The summed E-state index contributed by atoms with van der Waals surface area (Å²) in [4.78, 5) is 4.64. The van der Waals surface area contributed by atoms with Crippen molar-refractivity contribution in [2.75, 3.05) is 31.3 Å². The fourth-order valence-corrected chi connectivity index (χ4v) is 5.30. The van der Waals surface area contributed by atoms with Crippen LogP contribution < -0.4 is 10.6 Å². The van der Waals surface area contributed by atoms with Crippen LogP contribution in [-0.2, 0) is 21.1 Å². The first-order valence-corrected chi connectivity index (χ1v) is 11.3. The van der Waals surface area contributed by atoms with Crippen LogP contribution in [0.4, 0.5) is 4.39 Å². The van der Waals surface area contributed by atoms with Crippen LogP contribution in [0.15, 0.2) is 23.2 Å². The van der Waals surface area contributed by atoms with Gasteiger partial charge in [0.15, 0.2) is 15.8 Å². The number of aliphatic imine (C=N–C) groups is 1. The minimum Gasteiger partial charge on any atom is -0.381 e. The molecular formula is C19H29FIN3O3S. The van der Waals surface area contributed by atoms with Gasteiger partial charge in [-0.3, -0.25) is 0 Å². The molecule has 0 amide bonds. The molecule has 0 bridgehead atoms. The zero-order valence-corrected chi connectivity index (χ0v) is 19.3. The fraction of sp³-hybridized carbons (Fsp3) is 0.632. The number of hydrogen-bond donors (Lipinski definition) is 2. The minimum absolute atomic E-state index is 0. The predicted molar refractivity (Wildman–Crippen MR) is 119 cm³/mol. The molecule has 6 nitrogen and oxygen atoms in total. The molecule has 158 valence electrons. The summed E-state index contributed by atoms with van der Waals surface area (Å²) < 4.78 is 42.1. The Balaban J connectivity index is 0.00000280. The molecule has 0 saturated carbocycles. The molecule has 2 fully saturated rings. The van der Waals surface area contributed by atoms with E-state index in [0.29, 0.717) is 31.0 Å². The average molecular weight is 525 g/mol. The second-order valence-corrected chi connectivity index (χ2v) is 9.66. The van der Waals surface area contributed by atoms with Crippen LogP contribution in [0.3, 0.4) is 0 Å². The molecule has 1 aromatic rings. The molecule has 3 rings (SSSR count). The zero-order valence-electron chi connectivity index (χ0n) is 16.1. The number of halogens is 2. The number of sulfone groups is 1. The Morgan fingerprint density at radius 3 is 2.68 bits per heavy atom. The number of nitrogens with zero attached hydrogens (tertiary/aromatic N) is 1. The highest BCUT2D eigenvalue weighted by Crippen LogP contribution is 2.17. The molecule has 0 aliphatic carbocycles. The van der Waals surface area contributed by atoms with E-state index < -0.39 is 9.84 Å². The Morgan fingerprint density at radius 1 is 1.29 bits per heavy atom. The molecule has 2 aliphatic heterocycles. The van der Waals surface area contributed by atoms with E-state index in [1.165, 1.54) is 6.07 Å². The average Bonchev–Trinajstić information content (AvgIpc) is 3.00. The third-order valence-corrected chi connectivity index (χ3v) is 6.93. The van der Waals surface area contributed by atoms with Crippen molar-refractivity contribution >= 4 is 39.8 Å². The Kier molecular flexibility index (Phi) is 8.94. The molecule has 1 atom stereocenters. The first-order valence-electron chi connectivity index (χ1n) is 9.49. The summed E-state index contributed by atoms with van der Waals surface area (Å²) in [7, 11) is -2.89. The van der Waals surface area contributed by atoms with Crippen LogP contribution in [0, 0.1) is 18.7 Å². The van der Waals surface area contributed by atoms with Crippen molar-refractivity contribution in [2.45, 2.75) is 38.8 Å². The maximum absolute atomic E-state index is 13.4. The van der Waals surface area contributed by atoms with Gasteiger partial charge in [-0.05, 0) is 49.3 Å². The highest BCUT2D eigenvalue weighted by molar-refractivity contribution is 14.0. The number of ether oxygens (including phenoxy) is 1. The molecule has 0 aromatic heterocycles. The van der Waals surface area contributed by atoms with Gasteiger partial charge < -0.3 is 15.4 Å². The van der Waals surface area contributed by atoms with E-state index in [-0.39, 0.29) is 53.3 Å². The summed E-state index contributed by atoms with van der Waals surface area (Å²) in [6.45, 7) is 4.20. The maximum Gasteiger partial charge on any atom is 0.191 e. The second-order valence-electron chi connectivity index (χ2n) is 7.43. The van der Waals surface area contributed by atoms with Gasteiger partial charge in [0, 0.05) is 25.8 Å². The van der Waals surface area contributed by atoms with Crippen molar-refractivity contribution in [1.82, 2.24) is 10.6 Å². The molecule has 0 radical (unpaired) electrons. The summed E-state index contributed by atoms with van der Waals surface area (Å²) in [5.41, 5.74) is 1.54. The molecule has 2 heterocycles. The van der Waals surface area contributed by atoms with Crippen molar-refractivity contribution in [3.63, 3.8) is 0 Å².